The molecule has 1 unspecified atom stereocenters. The van der Waals surface area contributed by atoms with E-state index in [2.05, 4.69) is 65.2 Å². The Morgan fingerprint density at radius 2 is 1.69 bits per heavy atom. The minimum atomic E-state index is 0.126. The number of allylic oxidation sites excluding steroid dienone is 1. The fourth-order valence-corrected chi connectivity index (χ4v) is 3.38. The van der Waals surface area contributed by atoms with Gasteiger partial charge in [0.05, 0.1) is 12.3 Å². The van der Waals surface area contributed by atoms with E-state index < -0.39 is 0 Å². The van der Waals surface area contributed by atoms with Gasteiger partial charge in [-0.3, -0.25) is 0 Å². The van der Waals surface area contributed by atoms with Crippen LogP contribution >= 0.6 is 0 Å². The lowest BCUT2D eigenvalue weighted by molar-refractivity contribution is 0.0566. The average Bonchev–Trinajstić information content (AvgIpc) is 2.83. The summed E-state index contributed by atoms with van der Waals surface area (Å²) in [6.07, 6.45) is 16.7. The first-order valence-corrected chi connectivity index (χ1v) is 11.5. The molecule has 3 rings (SSSR count). The summed E-state index contributed by atoms with van der Waals surface area (Å²) >= 11 is 0. The molecule has 32 heavy (non-hydrogen) atoms. The molecule has 5 nitrogen and oxygen atoms in total. The Labute approximate surface area is 191 Å². The Kier molecular flexibility index (Phi) is 9.38. The normalized spacial score (nSPS) is 12.3. The molecule has 168 valence electrons. The zero-order chi connectivity index (χ0) is 22.6. The van der Waals surface area contributed by atoms with Crippen LogP contribution in [0.3, 0.4) is 0 Å². The number of hydrogen-bond acceptors (Lipinski definition) is 5. The largest absolute Gasteiger partial charge is 0.506 e. The molecule has 0 aliphatic heterocycles. The molecule has 1 atom stereocenters. The van der Waals surface area contributed by atoms with Gasteiger partial charge < -0.3 is 9.84 Å². The van der Waals surface area contributed by atoms with Crippen LogP contribution in [0.25, 0.3) is 28.7 Å². The second-order valence-corrected chi connectivity index (χ2v) is 8.04. The molecule has 1 N–H and O–H groups in total. The fourth-order valence-electron chi connectivity index (χ4n) is 3.38. The van der Waals surface area contributed by atoms with E-state index in [1.165, 1.54) is 31.0 Å². The summed E-state index contributed by atoms with van der Waals surface area (Å²) in [7, 11) is 0. The Morgan fingerprint density at radius 3 is 2.38 bits per heavy atom. The molecule has 0 spiro atoms. The number of rotatable bonds is 12. The van der Waals surface area contributed by atoms with E-state index in [0.717, 1.165) is 37.0 Å². The van der Waals surface area contributed by atoms with Crippen molar-refractivity contribution in [1.29, 1.82) is 0 Å². The van der Waals surface area contributed by atoms with E-state index in [9.17, 15) is 5.11 Å². The molecule has 5 heteroatoms. The van der Waals surface area contributed by atoms with Crippen LogP contribution in [0.4, 0.5) is 0 Å². The van der Waals surface area contributed by atoms with E-state index in [-0.39, 0.29) is 5.75 Å². The minimum absolute atomic E-state index is 0.126. The third-order valence-corrected chi connectivity index (χ3v) is 5.31. The zero-order valence-electron chi connectivity index (χ0n) is 19.1. The van der Waals surface area contributed by atoms with Crippen molar-refractivity contribution < 1.29 is 9.84 Å². The highest BCUT2D eigenvalue weighted by Crippen LogP contribution is 2.21. The number of nitrogens with zero attached hydrogens (tertiary/aromatic N) is 3. The Hall–Kier alpha value is -3.05. The van der Waals surface area contributed by atoms with Crippen molar-refractivity contribution in [2.45, 2.75) is 58.5 Å². The van der Waals surface area contributed by atoms with Crippen LogP contribution < -0.4 is 0 Å². The number of hydrogen-bond donors (Lipinski definition) is 1. The van der Waals surface area contributed by atoms with Crippen LogP contribution in [0.1, 0.15) is 57.9 Å². The molecule has 0 fully saturated rings. The second-order valence-electron chi connectivity index (χ2n) is 8.04. The van der Waals surface area contributed by atoms with Gasteiger partial charge in [-0.25, -0.2) is 15.0 Å². The number of ether oxygens (including phenoxy) is 1. The maximum absolute atomic E-state index is 9.35. The maximum atomic E-state index is 9.35. The van der Waals surface area contributed by atoms with Crippen molar-refractivity contribution in [2.24, 2.45) is 0 Å². The number of pyridine rings is 1. The van der Waals surface area contributed by atoms with Crippen LogP contribution in [0, 0.1) is 0 Å². The first-order valence-electron chi connectivity index (χ1n) is 11.5. The van der Waals surface area contributed by atoms with Crippen molar-refractivity contribution in [3.05, 3.63) is 66.6 Å². The van der Waals surface area contributed by atoms with Gasteiger partial charge in [0.2, 0.25) is 0 Å². The third kappa shape index (κ3) is 7.57. The van der Waals surface area contributed by atoms with E-state index in [0.29, 0.717) is 17.6 Å². The first-order chi connectivity index (χ1) is 15.7. The molecule has 0 saturated carbocycles. The predicted molar refractivity (Wildman–Crippen MR) is 130 cm³/mol. The molecular formula is C27H33N3O2. The first kappa shape index (κ1) is 23.6. The van der Waals surface area contributed by atoms with Gasteiger partial charge in [-0.05, 0) is 55.9 Å². The number of benzene rings is 1. The van der Waals surface area contributed by atoms with Crippen molar-refractivity contribution in [2.75, 3.05) is 6.61 Å². The zero-order valence-corrected chi connectivity index (χ0v) is 19.1. The third-order valence-electron chi connectivity index (χ3n) is 5.31. The topological polar surface area (TPSA) is 68.1 Å². The molecular weight excluding hydrogens is 398 g/mol. The molecule has 0 saturated heterocycles. The standard InChI is InChI=1S/C27H33N3O2/c1-3-4-8-17-32-21(2)9-6-5-7-10-22-11-13-23(14-12-22)24-18-29-27(30-19-24)26-16-15-25(31)20-28-26/h7,10-16,18-21,31H,3-6,8-9,17H2,1-2H3. The highest BCUT2D eigenvalue weighted by molar-refractivity contribution is 5.65. The fraction of sp³-hybridized carbons (Fsp3) is 0.370. The molecule has 3 aromatic rings. The number of aromatic nitrogens is 3. The van der Waals surface area contributed by atoms with Gasteiger partial charge in [0.25, 0.3) is 0 Å². The summed E-state index contributed by atoms with van der Waals surface area (Å²) in [5.74, 6) is 0.662. The predicted octanol–water partition coefficient (Wildman–Crippen LogP) is 6.69. The number of unbranched alkanes of at least 4 members (excludes halogenated alkanes) is 3. The lowest BCUT2D eigenvalue weighted by Gasteiger charge is -2.12. The van der Waals surface area contributed by atoms with Gasteiger partial charge in [0.15, 0.2) is 5.82 Å². The summed E-state index contributed by atoms with van der Waals surface area (Å²) in [5, 5.41) is 9.35. The summed E-state index contributed by atoms with van der Waals surface area (Å²) in [6.45, 7) is 5.28. The van der Waals surface area contributed by atoms with Gasteiger partial charge in [-0.15, -0.1) is 0 Å². The summed E-state index contributed by atoms with van der Waals surface area (Å²) in [6, 6.07) is 11.7. The molecule has 0 aliphatic rings. The Bertz CT molecular complexity index is 952. The molecule has 1 aromatic carbocycles. The summed E-state index contributed by atoms with van der Waals surface area (Å²) < 4.78 is 5.85. The molecule has 0 amide bonds. The van der Waals surface area contributed by atoms with Crippen molar-refractivity contribution in [1.82, 2.24) is 15.0 Å². The smallest absolute Gasteiger partial charge is 0.178 e. The molecule has 0 aliphatic carbocycles. The monoisotopic (exact) mass is 431 g/mol. The van der Waals surface area contributed by atoms with Crippen LogP contribution in [-0.2, 0) is 4.74 Å². The number of aromatic hydroxyl groups is 1. The maximum Gasteiger partial charge on any atom is 0.178 e. The van der Waals surface area contributed by atoms with E-state index in [1.807, 2.05) is 0 Å². The molecule has 0 bridgehead atoms. The highest BCUT2D eigenvalue weighted by Gasteiger charge is 2.05. The van der Waals surface area contributed by atoms with Crippen LogP contribution in [-0.4, -0.2) is 32.8 Å². The lowest BCUT2D eigenvalue weighted by Crippen LogP contribution is -2.08. The molecule has 0 radical (unpaired) electrons. The Balaban J connectivity index is 1.45. The van der Waals surface area contributed by atoms with Gasteiger partial charge in [0, 0.05) is 24.6 Å². The summed E-state index contributed by atoms with van der Waals surface area (Å²) in [4.78, 5) is 13.0. The van der Waals surface area contributed by atoms with Gasteiger partial charge >= 0.3 is 0 Å². The van der Waals surface area contributed by atoms with E-state index in [1.54, 1.807) is 24.5 Å². The van der Waals surface area contributed by atoms with Gasteiger partial charge in [0.1, 0.15) is 11.4 Å². The molecule has 2 heterocycles. The van der Waals surface area contributed by atoms with Crippen molar-refractivity contribution >= 4 is 6.08 Å². The van der Waals surface area contributed by atoms with Crippen LogP contribution in [0.5, 0.6) is 5.75 Å². The van der Waals surface area contributed by atoms with Gasteiger partial charge in [-0.2, -0.15) is 0 Å². The van der Waals surface area contributed by atoms with E-state index >= 15 is 0 Å². The highest BCUT2D eigenvalue weighted by atomic mass is 16.5. The average molecular weight is 432 g/mol. The van der Waals surface area contributed by atoms with E-state index in [4.69, 9.17) is 4.74 Å². The SMILES string of the molecule is CCCCCOC(C)CCCC=Cc1ccc(-c2cnc(-c3ccc(O)cn3)nc2)cc1. The summed E-state index contributed by atoms with van der Waals surface area (Å²) in [5.41, 5.74) is 3.84. The minimum Gasteiger partial charge on any atom is -0.506 e. The van der Waals surface area contributed by atoms with Gasteiger partial charge in [-0.1, -0.05) is 56.2 Å². The van der Waals surface area contributed by atoms with Crippen molar-refractivity contribution in [3.63, 3.8) is 0 Å². The van der Waals surface area contributed by atoms with Crippen LogP contribution in [0.2, 0.25) is 0 Å². The van der Waals surface area contributed by atoms with Crippen molar-refractivity contribution in [3.8, 4) is 28.4 Å². The van der Waals surface area contributed by atoms with Crippen LogP contribution in [0.15, 0.2) is 61.1 Å². The second kappa shape index (κ2) is 12.7. The Morgan fingerprint density at radius 1 is 0.906 bits per heavy atom. The quantitative estimate of drug-likeness (QED) is 0.324. The molecule has 2 aromatic heterocycles. The lowest BCUT2D eigenvalue weighted by atomic mass is 10.1.